The standard InChI is InChI=1S/C19H27N3O/c1-19(2,3)18-20-17(21-23-18)14-22-13-7-10-16(22)12-11-15-8-5-4-6-9-15/h4-6,8-9,16H,7,10-14H2,1-3H3/t16-/m1/s1. The number of nitrogens with zero attached hydrogens (tertiary/aromatic N) is 3. The summed E-state index contributed by atoms with van der Waals surface area (Å²) in [6.07, 6.45) is 4.88. The number of aryl methyl sites for hydroxylation is 1. The van der Waals surface area contributed by atoms with E-state index in [0.29, 0.717) is 6.04 Å². The number of hydrogen-bond donors (Lipinski definition) is 0. The molecule has 0 spiro atoms. The minimum absolute atomic E-state index is 0.0804. The molecule has 0 N–H and O–H groups in total. The van der Waals surface area contributed by atoms with Gasteiger partial charge in [0, 0.05) is 11.5 Å². The van der Waals surface area contributed by atoms with Gasteiger partial charge in [-0.1, -0.05) is 56.3 Å². The summed E-state index contributed by atoms with van der Waals surface area (Å²) < 4.78 is 5.42. The van der Waals surface area contributed by atoms with Crippen LogP contribution in [0.4, 0.5) is 0 Å². The van der Waals surface area contributed by atoms with E-state index < -0.39 is 0 Å². The Morgan fingerprint density at radius 2 is 2.00 bits per heavy atom. The van der Waals surface area contributed by atoms with Crippen LogP contribution in [0.2, 0.25) is 0 Å². The lowest BCUT2D eigenvalue weighted by atomic mass is 9.97. The lowest BCUT2D eigenvalue weighted by molar-refractivity contribution is 0.225. The van der Waals surface area contributed by atoms with E-state index in [4.69, 9.17) is 4.52 Å². The van der Waals surface area contributed by atoms with E-state index in [1.54, 1.807) is 0 Å². The number of rotatable bonds is 5. The Morgan fingerprint density at radius 3 is 2.70 bits per heavy atom. The SMILES string of the molecule is CC(C)(C)c1nc(CN2CCC[C@@H]2CCc2ccccc2)no1. The number of aromatic nitrogens is 2. The molecule has 3 rings (SSSR count). The molecular weight excluding hydrogens is 286 g/mol. The molecule has 1 aromatic heterocycles. The molecule has 124 valence electrons. The summed E-state index contributed by atoms with van der Waals surface area (Å²) in [5.41, 5.74) is 1.34. The van der Waals surface area contributed by atoms with E-state index in [0.717, 1.165) is 31.2 Å². The third kappa shape index (κ3) is 4.20. The fourth-order valence-electron chi connectivity index (χ4n) is 3.21. The van der Waals surface area contributed by atoms with Gasteiger partial charge in [-0.3, -0.25) is 4.90 Å². The van der Waals surface area contributed by atoms with Gasteiger partial charge in [0.05, 0.1) is 6.54 Å². The van der Waals surface area contributed by atoms with Crippen LogP contribution in [0.3, 0.4) is 0 Å². The molecule has 0 bridgehead atoms. The predicted octanol–water partition coefficient (Wildman–Crippen LogP) is 3.96. The summed E-state index contributed by atoms with van der Waals surface area (Å²) in [5.74, 6) is 1.55. The van der Waals surface area contributed by atoms with Gasteiger partial charge < -0.3 is 4.52 Å². The monoisotopic (exact) mass is 313 g/mol. The highest BCUT2D eigenvalue weighted by molar-refractivity contribution is 5.15. The molecule has 23 heavy (non-hydrogen) atoms. The van der Waals surface area contributed by atoms with Crippen molar-refractivity contribution in [3.05, 3.63) is 47.6 Å². The maximum absolute atomic E-state index is 5.42. The van der Waals surface area contributed by atoms with Crippen molar-refractivity contribution in [2.45, 2.75) is 64.5 Å². The minimum Gasteiger partial charge on any atom is -0.339 e. The van der Waals surface area contributed by atoms with Crippen LogP contribution < -0.4 is 0 Å². The summed E-state index contributed by atoms with van der Waals surface area (Å²) in [4.78, 5) is 7.09. The van der Waals surface area contributed by atoms with Crippen LogP contribution in [0, 0.1) is 0 Å². The van der Waals surface area contributed by atoms with Crippen molar-refractivity contribution in [3.8, 4) is 0 Å². The normalized spacial score (nSPS) is 19.3. The van der Waals surface area contributed by atoms with Crippen molar-refractivity contribution in [2.75, 3.05) is 6.54 Å². The molecule has 0 unspecified atom stereocenters. The minimum atomic E-state index is -0.0804. The van der Waals surface area contributed by atoms with E-state index in [1.165, 1.54) is 24.8 Å². The molecule has 4 heteroatoms. The van der Waals surface area contributed by atoms with E-state index in [9.17, 15) is 0 Å². The van der Waals surface area contributed by atoms with Gasteiger partial charge in [-0.2, -0.15) is 4.98 Å². The van der Waals surface area contributed by atoms with Gasteiger partial charge in [-0.25, -0.2) is 0 Å². The fourth-order valence-corrected chi connectivity index (χ4v) is 3.21. The van der Waals surface area contributed by atoms with Crippen molar-refractivity contribution in [3.63, 3.8) is 0 Å². The largest absolute Gasteiger partial charge is 0.339 e. The van der Waals surface area contributed by atoms with Crippen molar-refractivity contribution in [2.24, 2.45) is 0 Å². The Hall–Kier alpha value is -1.68. The first kappa shape index (κ1) is 16.2. The first-order valence-corrected chi connectivity index (χ1v) is 8.63. The zero-order chi connectivity index (χ0) is 16.3. The lowest BCUT2D eigenvalue weighted by Gasteiger charge is -2.23. The smallest absolute Gasteiger partial charge is 0.232 e. The quantitative estimate of drug-likeness (QED) is 0.838. The number of likely N-dealkylation sites (tertiary alicyclic amines) is 1. The molecule has 2 aromatic rings. The third-order valence-corrected chi connectivity index (χ3v) is 4.56. The van der Waals surface area contributed by atoms with Crippen LogP contribution in [0.15, 0.2) is 34.9 Å². The average Bonchev–Trinajstić information content (AvgIpc) is 3.16. The zero-order valence-electron chi connectivity index (χ0n) is 14.5. The first-order valence-electron chi connectivity index (χ1n) is 8.63. The molecule has 0 saturated carbocycles. The topological polar surface area (TPSA) is 42.2 Å². The molecular formula is C19H27N3O. The fraction of sp³-hybridized carbons (Fsp3) is 0.579. The van der Waals surface area contributed by atoms with Gasteiger partial charge in [0.2, 0.25) is 5.89 Å². The Kier molecular flexibility index (Phi) is 4.81. The molecule has 1 aliphatic rings. The van der Waals surface area contributed by atoms with Crippen LogP contribution in [0.25, 0.3) is 0 Å². The maximum Gasteiger partial charge on any atom is 0.232 e. The zero-order valence-corrected chi connectivity index (χ0v) is 14.5. The molecule has 4 nitrogen and oxygen atoms in total. The van der Waals surface area contributed by atoms with E-state index in [1.807, 2.05) is 0 Å². The molecule has 0 aliphatic carbocycles. The summed E-state index contributed by atoms with van der Waals surface area (Å²) in [6, 6.07) is 11.4. The first-order chi connectivity index (χ1) is 11.0. The highest BCUT2D eigenvalue weighted by Crippen LogP contribution is 2.25. The van der Waals surface area contributed by atoms with Crippen LogP contribution in [0.5, 0.6) is 0 Å². The molecule has 0 radical (unpaired) electrons. The lowest BCUT2D eigenvalue weighted by Crippen LogP contribution is -2.29. The molecule has 0 amide bonds. The Balaban J connectivity index is 1.57. The predicted molar refractivity (Wildman–Crippen MR) is 91.2 cm³/mol. The Labute approximate surface area is 138 Å². The van der Waals surface area contributed by atoms with Crippen LogP contribution >= 0.6 is 0 Å². The Morgan fingerprint density at radius 1 is 1.22 bits per heavy atom. The number of hydrogen-bond acceptors (Lipinski definition) is 4. The van der Waals surface area contributed by atoms with Gasteiger partial charge in [0.15, 0.2) is 5.82 Å². The van der Waals surface area contributed by atoms with Crippen LogP contribution in [-0.4, -0.2) is 27.6 Å². The summed E-state index contributed by atoms with van der Waals surface area (Å²) in [6.45, 7) is 8.24. The second-order valence-corrected chi connectivity index (χ2v) is 7.56. The highest BCUT2D eigenvalue weighted by atomic mass is 16.5. The molecule has 1 saturated heterocycles. The summed E-state index contributed by atoms with van der Waals surface area (Å²) in [5, 5.41) is 4.17. The molecule has 2 heterocycles. The van der Waals surface area contributed by atoms with Gasteiger partial charge in [-0.15, -0.1) is 0 Å². The van der Waals surface area contributed by atoms with Crippen molar-refractivity contribution in [1.82, 2.24) is 15.0 Å². The van der Waals surface area contributed by atoms with Crippen molar-refractivity contribution >= 4 is 0 Å². The Bertz CT molecular complexity index is 615. The summed E-state index contributed by atoms with van der Waals surface area (Å²) >= 11 is 0. The van der Waals surface area contributed by atoms with Crippen molar-refractivity contribution < 1.29 is 4.52 Å². The number of benzene rings is 1. The second kappa shape index (κ2) is 6.83. The van der Waals surface area contributed by atoms with Gasteiger partial charge >= 0.3 is 0 Å². The second-order valence-electron chi connectivity index (χ2n) is 7.56. The van der Waals surface area contributed by atoms with Crippen LogP contribution in [0.1, 0.15) is 57.3 Å². The van der Waals surface area contributed by atoms with Crippen molar-refractivity contribution in [1.29, 1.82) is 0 Å². The van der Waals surface area contributed by atoms with Gasteiger partial charge in [-0.05, 0) is 37.8 Å². The highest BCUT2D eigenvalue weighted by Gasteiger charge is 2.27. The van der Waals surface area contributed by atoms with Gasteiger partial charge in [0.1, 0.15) is 0 Å². The van der Waals surface area contributed by atoms with E-state index >= 15 is 0 Å². The van der Waals surface area contributed by atoms with Gasteiger partial charge in [0.25, 0.3) is 0 Å². The summed E-state index contributed by atoms with van der Waals surface area (Å²) in [7, 11) is 0. The van der Waals surface area contributed by atoms with E-state index in [-0.39, 0.29) is 5.41 Å². The maximum atomic E-state index is 5.42. The molecule has 1 fully saturated rings. The van der Waals surface area contributed by atoms with Crippen LogP contribution in [-0.2, 0) is 18.4 Å². The van der Waals surface area contributed by atoms with E-state index in [2.05, 4.69) is 66.1 Å². The molecule has 1 aliphatic heterocycles. The molecule has 1 atom stereocenters. The average molecular weight is 313 g/mol. The third-order valence-electron chi connectivity index (χ3n) is 4.56. The molecule has 1 aromatic carbocycles.